The molecule has 0 bridgehead atoms. The molecule has 186 valence electrons. The standard InChI is InChI=1S/C23H32N4O6S/c1-17-20(22(29)25-23(24-17)27-11-14-32-15-12-27)8-9-21(28)26(2)10-5-13-33-18-6-4-7-19(16-18)34(3,30)31/h4,6-7,16H,5,8-15H2,1-3H3,(H,24,25,29). The molecule has 1 fully saturated rings. The Morgan fingerprint density at radius 1 is 1.29 bits per heavy atom. The lowest BCUT2D eigenvalue weighted by Gasteiger charge is -2.27. The molecule has 0 unspecified atom stereocenters. The zero-order valence-corrected chi connectivity index (χ0v) is 20.7. The summed E-state index contributed by atoms with van der Waals surface area (Å²) in [5.74, 6) is 0.940. The van der Waals surface area contributed by atoms with Gasteiger partial charge in [0.05, 0.1) is 24.7 Å². The zero-order valence-electron chi connectivity index (χ0n) is 19.9. The molecule has 2 aromatic rings. The van der Waals surface area contributed by atoms with E-state index in [4.69, 9.17) is 9.47 Å². The molecule has 1 aliphatic rings. The summed E-state index contributed by atoms with van der Waals surface area (Å²) in [6.07, 6.45) is 2.25. The maximum atomic E-state index is 12.6. The Balaban J connectivity index is 1.45. The fourth-order valence-electron chi connectivity index (χ4n) is 3.65. The third-order valence-corrected chi connectivity index (χ3v) is 6.79. The van der Waals surface area contributed by atoms with Gasteiger partial charge in [0, 0.05) is 50.6 Å². The van der Waals surface area contributed by atoms with Gasteiger partial charge in [-0.3, -0.25) is 14.6 Å². The number of carbonyl (C=O) groups is 1. The number of anilines is 1. The number of nitrogens with zero attached hydrogens (tertiary/aromatic N) is 3. The minimum Gasteiger partial charge on any atom is -0.493 e. The number of aromatic nitrogens is 2. The lowest BCUT2D eigenvalue weighted by atomic mass is 10.1. The highest BCUT2D eigenvalue weighted by Crippen LogP contribution is 2.17. The molecule has 1 aliphatic heterocycles. The van der Waals surface area contributed by atoms with E-state index in [-0.39, 0.29) is 22.8 Å². The second kappa shape index (κ2) is 11.5. The van der Waals surface area contributed by atoms with Crippen molar-refractivity contribution in [3.05, 3.63) is 45.9 Å². The van der Waals surface area contributed by atoms with Crippen molar-refractivity contribution in [2.45, 2.75) is 31.1 Å². The van der Waals surface area contributed by atoms with E-state index < -0.39 is 9.84 Å². The Morgan fingerprint density at radius 2 is 2.03 bits per heavy atom. The van der Waals surface area contributed by atoms with Crippen molar-refractivity contribution >= 4 is 21.7 Å². The lowest BCUT2D eigenvalue weighted by Crippen LogP contribution is -2.38. The first kappa shape index (κ1) is 25.7. The van der Waals surface area contributed by atoms with E-state index >= 15 is 0 Å². The minimum atomic E-state index is -3.29. The fraction of sp³-hybridized carbons (Fsp3) is 0.522. The molecule has 10 nitrogen and oxygen atoms in total. The number of H-pyrrole nitrogens is 1. The summed E-state index contributed by atoms with van der Waals surface area (Å²) < 4.78 is 34.2. The van der Waals surface area contributed by atoms with Gasteiger partial charge in [0.1, 0.15) is 5.75 Å². The van der Waals surface area contributed by atoms with Crippen LogP contribution in [0.2, 0.25) is 0 Å². The first-order chi connectivity index (χ1) is 16.1. The molecule has 2 heterocycles. The van der Waals surface area contributed by atoms with E-state index in [1.807, 2.05) is 4.90 Å². The number of benzene rings is 1. The van der Waals surface area contributed by atoms with Gasteiger partial charge in [0.2, 0.25) is 11.9 Å². The highest BCUT2D eigenvalue weighted by atomic mass is 32.2. The molecule has 1 aromatic heterocycles. The molecule has 1 saturated heterocycles. The van der Waals surface area contributed by atoms with Crippen LogP contribution in [0.3, 0.4) is 0 Å². The maximum absolute atomic E-state index is 12.6. The van der Waals surface area contributed by atoms with Crippen LogP contribution in [0, 0.1) is 6.92 Å². The number of aryl methyl sites for hydroxylation is 1. The third kappa shape index (κ3) is 7.04. The van der Waals surface area contributed by atoms with Crippen LogP contribution in [0.15, 0.2) is 34.0 Å². The van der Waals surface area contributed by atoms with Crippen molar-refractivity contribution in [2.24, 2.45) is 0 Å². The molecule has 1 N–H and O–H groups in total. The lowest BCUT2D eigenvalue weighted by molar-refractivity contribution is -0.129. The summed E-state index contributed by atoms with van der Waals surface area (Å²) >= 11 is 0. The predicted octanol–water partition coefficient (Wildman–Crippen LogP) is 1.18. The number of amides is 1. The molecule has 0 spiro atoms. The van der Waals surface area contributed by atoms with Crippen LogP contribution in [0.25, 0.3) is 0 Å². The Kier molecular flexibility index (Phi) is 8.67. The number of hydrogen-bond donors (Lipinski definition) is 1. The first-order valence-electron chi connectivity index (χ1n) is 11.2. The van der Waals surface area contributed by atoms with Crippen LogP contribution >= 0.6 is 0 Å². The molecule has 1 aromatic carbocycles. The average Bonchev–Trinajstić information content (AvgIpc) is 2.81. The fourth-order valence-corrected chi connectivity index (χ4v) is 4.30. The first-order valence-corrected chi connectivity index (χ1v) is 13.1. The molecule has 3 rings (SSSR count). The van der Waals surface area contributed by atoms with Crippen molar-refractivity contribution in [3.63, 3.8) is 0 Å². The van der Waals surface area contributed by atoms with E-state index in [9.17, 15) is 18.0 Å². The number of sulfone groups is 1. The molecule has 0 saturated carbocycles. The summed E-state index contributed by atoms with van der Waals surface area (Å²) in [4.78, 5) is 36.3. The number of morpholine rings is 1. The van der Waals surface area contributed by atoms with Crippen molar-refractivity contribution in [1.82, 2.24) is 14.9 Å². The Bertz CT molecular complexity index is 1160. The second-order valence-electron chi connectivity index (χ2n) is 8.32. The monoisotopic (exact) mass is 492 g/mol. The zero-order chi connectivity index (χ0) is 24.7. The summed E-state index contributed by atoms with van der Waals surface area (Å²) in [5, 5.41) is 0. The van der Waals surface area contributed by atoms with Gasteiger partial charge in [-0.2, -0.15) is 0 Å². The van der Waals surface area contributed by atoms with Gasteiger partial charge in [-0.15, -0.1) is 0 Å². The van der Waals surface area contributed by atoms with E-state index in [0.29, 0.717) is 75.3 Å². The van der Waals surface area contributed by atoms with Crippen molar-refractivity contribution in [1.29, 1.82) is 0 Å². The number of ether oxygens (including phenoxy) is 2. The molecule has 0 atom stereocenters. The minimum absolute atomic E-state index is 0.0740. The second-order valence-corrected chi connectivity index (χ2v) is 10.3. The summed E-state index contributed by atoms with van der Waals surface area (Å²) in [6.45, 7) is 5.17. The SMILES string of the molecule is Cc1nc(N2CCOCC2)[nH]c(=O)c1CCC(=O)N(C)CCCOc1cccc(S(C)(=O)=O)c1. The number of nitrogens with one attached hydrogen (secondary N) is 1. The van der Waals surface area contributed by atoms with Crippen LogP contribution in [0.1, 0.15) is 24.1 Å². The number of hydrogen-bond acceptors (Lipinski definition) is 8. The largest absolute Gasteiger partial charge is 0.493 e. The average molecular weight is 493 g/mol. The van der Waals surface area contributed by atoms with Crippen LogP contribution in [-0.4, -0.2) is 82.0 Å². The van der Waals surface area contributed by atoms with Crippen molar-refractivity contribution in [3.8, 4) is 5.75 Å². The Morgan fingerprint density at radius 3 is 2.71 bits per heavy atom. The van der Waals surface area contributed by atoms with E-state index in [2.05, 4.69) is 9.97 Å². The highest BCUT2D eigenvalue weighted by molar-refractivity contribution is 7.90. The van der Waals surface area contributed by atoms with E-state index in [0.717, 1.165) is 6.26 Å². The topological polar surface area (TPSA) is 122 Å². The van der Waals surface area contributed by atoms with Crippen LogP contribution in [0.4, 0.5) is 5.95 Å². The molecule has 34 heavy (non-hydrogen) atoms. The van der Waals surface area contributed by atoms with E-state index in [1.54, 1.807) is 31.0 Å². The molecule has 0 aliphatic carbocycles. The number of rotatable bonds is 10. The van der Waals surface area contributed by atoms with Gasteiger partial charge in [0.25, 0.3) is 5.56 Å². The molecular weight excluding hydrogens is 460 g/mol. The highest BCUT2D eigenvalue weighted by Gasteiger charge is 2.17. The molecule has 0 radical (unpaired) electrons. The Labute approximate surface area is 199 Å². The third-order valence-electron chi connectivity index (χ3n) is 5.68. The quantitative estimate of drug-likeness (QED) is 0.491. The van der Waals surface area contributed by atoms with Crippen molar-refractivity contribution < 1.29 is 22.7 Å². The molecular formula is C23H32N4O6S. The van der Waals surface area contributed by atoms with Crippen LogP contribution < -0.4 is 15.2 Å². The van der Waals surface area contributed by atoms with Crippen LogP contribution in [-0.2, 0) is 25.8 Å². The van der Waals surface area contributed by atoms with Gasteiger partial charge < -0.3 is 19.3 Å². The number of carbonyl (C=O) groups excluding carboxylic acids is 1. The molecule has 1 amide bonds. The van der Waals surface area contributed by atoms with Gasteiger partial charge >= 0.3 is 0 Å². The van der Waals surface area contributed by atoms with Crippen LogP contribution in [0.5, 0.6) is 5.75 Å². The van der Waals surface area contributed by atoms with Gasteiger partial charge in [-0.25, -0.2) is 13.4 Å². The predicted molar refractivity (Wildman–Crippen MR) is 128 cm³/mol. The van der Waals surface area contributed by atoms with Gasteiger partial charge in [-0.1, -0.05) is 6.07 Å². The van der Waals surface area contributed by atoms with Gasteiger partial charge in [-0.05, 0) is 38.0 Å². The summed E-state index contributed by atoms with van der Waals surface area (Å²) in [5.41, 5.74) is 0.937. The maximum Gasteiger partial charge on any atom is 0.255 e. The summed E-state index contributed by atoms with van der Waals surface area (Å²) in [6, 6.07) is 6.34. The van der Waals surface area contributed by atoms with Crippen molar-refractivity contribution in [2.75, 3.05) is 57.7 Å². The van der Waals surface area contributed by atoms with Gasteiger partial charge in [0.15, 0.2) is 9.84 Å². The molecule has 11 heteroatoms. The smallest absolute Gasteiger partial charge is 0.255 e. The normalized spacial score (nSPS) is 14.1. The summed E-state index contributed by atoms with van der Waals surface area (Å²) in [7, 11) is -1.58. The number of aromatic amines is 1. The Hall–Kier alpha value is -2.92. The van der Waals surface area contributed by atoms with E-state index in [1.165, 1.54) is 12.1 Å².